The molecule has 0 unspecified atom stereocenters. The van der Waals surface area contributed by atoms with Gasteiger partial charge in [0.05, 0.1) is 0 Å². The number of nitrogens with zero attached hydrogens (tertiary/aromatic N) is 1. The van der Waals surface area contributed by atoms with Crippen LogP contribution in [0.25, 0.3) is 11.3 Å². The Hall–Kier alpha value is -2.72. The molecule has 2 rings (SSSR count). The zero-order chi connectivity index (χ0) is 16.1. The Balaban J connectivity index is 2.41. The minimum atomic E-state index is 0.973. The van der Waals surface area contributed by atoms with Gasteiger partial charge in [-0.05, 0) is 36.8 Å². The molecule has 0 heterocycles. The van der Waals surface area contributed by atoms with E-state index in [1.54, 1.807) is 0 Å². The molecule has 110 valence electrons. The Kier molecular flexibility index (Phi) is 4.86. The summed E-state index contributed by atoms with van der Waals surface area (Å²) in [5.74, 6) is 6.40. The van der Waals surface area contributed by atoms with E-state index in [4.69, 9.17) is 0 Å². The van der Waals surface area contributed by atoms with Crippen molar-refractivity contribution in [2.45, 2.75) is 6.92 Å². The largest absolute Gasteiger partial charge is 0.378 e. The first-order valence-corrected chi connectivity index (χ1v) is 7.22. The zero-order valence-electron chi connectivity index (χ0n) is 13.5. The highest BCUT2D eigenvalue weighted by atomic mass is 15.1. The van der Waals surface area contributed by atoms with Gasteiger partial charge in [0.2, 0.25) is 0 Å². The van der Waals surface area contributed by atoms with Crippen LogP contribution in [-0.4, -0.2) is 19.0 Å². The molecule has 0 aliphatic heterocycles. The van der Waals surface area contributed by atoms with E-state index in [9.17, 15) is 0 Å². The smallest absolute Gasteiger partial charge is 0.0367 e. The average molecular weight is 287 g/mol. The number of allylic oxidation sites excluding steroid dienone is 1. The molecule has 1 nitrogen and oxygen atoms in total. The quantitative estimate of drug-likeness (QED) is 0.743. The molecular formula is C21H21N. The Morgan fingerprint density at radius 1 is 0.864 bits per heavy atom. The van der Waals surface area contributed by atoms with Crippen molar-refractivity contribution in [2.24, 2.45) is 0 Å². The van der Waals surface area contributed by atoms with Crippen LogP contribution in [-0.2, 0) is 0 Å². The molecule has 0 amide bonds. The maximum absolute atomic E-state index is 4.14. The van der Waals surface area contributed by atoms with Crippen LogP contribution in [0.3, 0.4) is 0 Å². The van der Waals surface area contributed by atoms with Gasteiger partial charge in [-0.15, -0.1) is 0 Å². The van der Waals surface area contributed by atoms with Crippen LogP contribution < -0.4 is 0 Å². The summed E-state index contributed by atoms with van der Waals surface area (Å²) in [6, 6.07) is 16.2. The Bertz CT molecular complexity index is 755. The lowest BCUT2D eigenvalue weighted by atomic mass is 9.97. The second-order valence-electron chi connectivity index (χ2n) is 5.50. The van der Waals surface area contributed by atoms with E-state index in [1.807, 2.05) is 62.3 Å². The molecule has 0 aliphatic carbocycles. The minimum absolute atomic E-state index is 0.973. The predicted molar refractivity (Wildman–Crippen MR) is 96.3 cm³/mol. The molecule has 2 aromatic rings. The monoisotopic (exact) mass is 287 g/mol. The second-order valence-corrected chi connectivity index (χ2v) is 5.50. The van der Waals surface area contributed by atoms with Crippen molar-refractivity contribution >= 4 is 11.3 Å². The first kappa shape index (κ1) is 15.7. The number of hydrogen-bond donors (Lipinski definition) is 0. The lowest BCUT2D eigenvalue weighted by Crippen LogP contribution is -2.10. The van der Waals surface area contributed by atoms with Crippen molar-refractivity contribution in [3.05, 3.63) is 83.9 Å². The standard InChI is InChI=1S/C21H21N/c1-16(2)21-15-19(12-11-18-9-7-6-8-10-18)13-14-20(21)17(3)22(4)5/h6-10,13-15H,1,3H2,2,4-5H3. The van der Waals surface area contributed by atoms with Gasteiger partial charge in [-0.25, -0.2) is 0 Å². The van der Waals surface area contributed by atoms with Crippen LogP contribution in [0, 0.1) is 11.8 Å². The first-order valence-electron chi connectivity index (χ1n) is 7.22. The van der Waals surface area contributed by atoms with Gasteiger partial charge in [0, 0.05) is 36.5 Å². The molecule has 0 radical (unpaired) electrons. The Morgan fingerprint density at radius 3 is 2.09 bits per heavy atom. The molecule has 0 aliphatic rings. The van der Waals surface area contributed by atoms with Crippen LogP contribution in [0.5, 0.6) is 0 Å². The van der Waals surface area contributed by atoms with Crippen molar-refractivity contribution in [3.8, 4) is 11.8 Å². The third kappa shape index (κ3) is 3.68. The molecule has 0 aromatic heterocycles. The van der Waals surface area contributed by atoms with Gasteiger partial charge in [-0.2, -0.15) is 0 Å². The summed E-state index contributed by atoms with van der Waals surface area (Å²) in [6.07, 6.45) is 0. The van der Waals surface area contributed by atoms with Crippen molar-refractivity contribution in [2.75, 3.05) is 14.1 Å². The van der Waals surface area contributed by atoms with Gasteiger partial charge < -0.3 is 4.90 Å². The van der Waals surface area contributed by atoms with Crippen LogP contribution in [0.1, 0.15) is 29.2 Å². The van der Waals surface area contributed by atoms with Crippen LogP contribution in [0.4, 0.5) is 0 Å². The topological polar surface area (TPSA) is 3.24 Å². The zero-order valence-corrected chi connectivity index (χ0v) is 13.5. The molecule has 0 saturated carbocycles. The van der Waals surface area contributed by atoms with Crippen LogP contribution in [0.15, 0.2) is 61.7 Å². The summed E-state index contributed by atoms with van der Waals surface area (Å²) >= 11 is 0. The van der Waals surface area contributed by atoms with E-state index in [0.29, 0.717) is 0 Å². The average Bonchev–Trinajstić information content (AvgIpc) is 2.52. The highest BCUT2D eigenvalue weighted by Gasteiger charge is 2.09. The summed E-state index contributed by atoms with van der Waals surface area (Å²) in [7, 11) is 3.99. The highest BCUT2D eigenvalue weighted by molar-refractivity contribution is 5.77. The molecule has 0 N–H and O–H groups in total. The third-order valence-electron chi connectivity index (χ3n) is 3.46. The number of hydrogen-bond acceptors (Lipinski definition) is 1. The number of rotatable bonds is 3. The van der Waals surface area contributed by atoms with Crippen molar-refractivity contribution in [1.82, 2.24) is 4.90 Å². The summed E-state index contributed by atoms with van der Waals surface area (Å²) in [5, 5.41) is 0. The van der Waals surface area contributed by atoms with Crippen molar-refractivity contribution in [3.63, 3.8) is 0 Å². The molecule has 0 spiro atoms. The summed E-state index contributed by atoms with van der Waals surface area (Å²) < 4.78 is 0. The van der Waals surface area contributed by atoms with Crippen LogP contribution in [0.2, 0.25) is 0 Å². The summed E-state index contributed by atoms with van der Waals surface area (Å²) in [5.41, 5.74) is 6.18. The fourth-order valence-electron chi connectivity index (χ4n) is 2.13. The Labute approximate surface area is 133 Å². The second kappa shape index (κ2) is 6.83. The normalized spacial score (nSPS) is 9.59. The molecule has 0 atom stereocenters. The summed E-state index contributed by atoms with van der Waals surface area (Å²) in [6.45, 7) is 10.2. The highest BCUT2D eigenvalue weighted by Crippen LogP contribution is 2.25. The molecule has 0 bridgehead atoms. The van der Waals surface area contributed by atoms with E-state index in [1.165, 1.54) is 0 Å². The lowest BCUT2D eigenvalue weighted by molar-refractivity contribution is 0.593. The molecule has 2 aromatic carbocycles. The van der Waals surface area contributed by atoms with E-state index in [0.717, 1.165) is 33.5 Å². The summed E-state index contributed by atoms with van der Waals surface area (Å²) in [4.78, 5) is 2.01. The molecule has 0 saturated heterocycles. The van der Waals surface area contributed by atoms with Gasteiger partial charge in [0.15, 0.2) is 0 Å². The minimum Gasteiger partial charge on any atom is -0.378 e. The van der Waals surface area contributed by atoms with Crippen LogP contribution >= 0.6 is 0 Å². The molecule has 0 fully saturated rings. The Morgan fingerprint density at radius 2 is 1.50 bits per heavy atom. The molecular weight excluding hydrogens is 266 g/mol. The first-order chi connectivity index (χ1) is 10.5. The van der Waals surface area contributed by atoms with Gasteiger partial charge in [0.1, 0.15) is 0 Å². The third-order valence-corrected chi connectivity index (χ3v) is 3.46. The maximum atomic E-state index is 4.14. The van der Waals surface area contributed by atoms with Crippen molar-refractivity contribution < 1.29 is 0 Å². The van der Waals surface area contributed by atoms with E-state index < -0.39 is 0 Å². The fraction of sp³-hybridized carbons (Fsp3) is 0.143. The SMILES string of the molecule is C=C(C)c1cc(C#Cc2ccccc2)ccc1C(=C)N(C)C. The lowest BCUT2D eigenvalue weighted by Gasteiger charge is -2.19. The van der Waals surface area contributed by atoms with E-state index in [2.05, 4.69) is 37.1 Å². The number of benzene rings is 2. The van der Waals surface area contributed by atoms with Gasteiger partial charge >= 0.3 is 0 Å². The molecule has 22 heavy (non-hydrogen) atoms. The van der Waals surface area contributed by atoms with E-state index in [-0.39, 0.29) is 0 Å². The van der Waals surface area contributed by atoms with E-state index >= 15 is 0 Å². The van der Waals surface area contributed by atoms with Gasteiger partial charge in [-0.3, -0.25) is 0 Å². The molecule has 1 heteroatoms. The van der Waals surface area contributed by atoms with Gasteiger partial charge in [-0.1, -0.05) is 54.8 Å². The fourth-order valence-corrected chi connectivity index (χ4v) is 2.13. The van der Waals surface area contributed by atoms with Crippen molar-refractivity contribution in [1.29, 1.82) is 0 Å². The van der Waals surface area contributed by atoms with Gasteiger partial charge in [0.25, 0.3) is 0 Å². The maximum Gasteiger partial charge on any atom is 0.0367 e. The predicted octanol–water partition coefficient (Wildman–Crippen LogP) is 4.65.